The van der Waals surface area contributed by atoms with Crippen molar-refractivity contribution in [3.63, 3.8) is 0 Å². The minimum absolute atomic E-state index is 0.0805. The van der Waals surface area contributed by atoms with Crippen LogP contribution >= 0.6 is 22.9 Å². The Hall–Kier alpha value is -2.05. The first-order valence-corrected chi connectivity index (χ1v) is 8.24. The van der Waals surface area contributed by atoms with Crippen molar-refractivity contribution in [1.82, 2.24) is 14.8 Å². The van der Waals surface area contributed by atoms with Crippen LogP contribution in [0.3, 0.4) is 0 Å². The first-order chi connectivity index (χ1) is 10.7. The molecule has 7 heteroatoms. The molecule has 5 nitrogen and oxygen atoms in total. The average molecular weight is 332 g/mol. The maximum absolute atomic E-state index is 6.36. The number of hydrogen-bond acceptors (Lipinski definition) is 5. The van der Waals surface area contributed by atoms with Gasteiger partial charge in [0.05, 0.1) is 12.1 Å². The van der Waals surface area contributed by atoms with Gasteiger partial charge in [-0.2, -0.15) is 4.98 Å². The molecule has 0 saturated heterocycles. The molecule has 3 aromatic rings. The molecule has 2 atom stereocenters. The van der Waals surface area contributed by atoms with Crippen LogP contribution in [0.1, 0.15) is 28.9 Å². The van der Waals surface area contributed by atoms with Crippen molar-refractivity contribution in [2.24, 2.45) is 0 Å². The second-order valence-electron chi connectivity index (χ2n) is 5.22. The molecule has 0 amide bonds. The summed E-state index contributed by atoms with van der Waals surface area (Å²) in [6.07, 6.45) is 0.847. The molecule has 3 heterocycles. The van der Waals surface area contributed by atoms with Gasteiger partial charge in [0.2, 0.25) is 11.9 Å². The Morgan fingerprint density at radius 2 is 2.14 bits per heavy atom. The third-order valence-corrected chi connectivity index (χ3v) is 5.18. The zero-order chi connectivity index (χ0) is 15.1. The number of nitrogens with zero attached hydrogens (tertiary/aromatic N) is 3. The number of fused-ring (bicyclic) bond motifs is 1. The Morgan fingerprint density at radius 3 is 2.91 bits per heavy atom. The summed E-state index contributed by atoms with van der Waals surface area (Å²) < 4.78 is 1.87. The fraction of sp³-hybridized carbons (Fsp3) is 0.200. The van der Waals surface area contributed by atoms with Gasteiger partial charge < -0.3 is 11.1 Å². The quantitative estimate of drug-likeness (QED) is 0.751. The maximum atomic E-state index is 6.36. The van der Waals surface area contributed by atoms with E-state index < -0.39 is 0 Å². The SMILES string of the molecule is Nc1nc2n(n1)[C@H](c1cccs1)C[C@H](c1ccccc1Cl)N2. The van der Waals surface area contributed by atoms with Crippen molar-refractivity contribution in [3.05, 3.63) is 57.2 Å². The monoisotopic (exact) mass is 331 g/mol. The van der Waals surface area contributed by atoms with Crippen LogP contribution in [-0.4, -0.2) is 14.8 Å². The van der Waals surface area contributed by atoms with Crippen molar-refractivity contribution in [2.45, 2.75) is 18.5 Å². The normalized spacial score (nSPS) is 20.4. The Labute approximate surface area is 136 Å². The highest BCUT2D eigenvalue weighted by Gasteiger charge is 2.32. The standard InChI is InChI=1S/C15H14ClN5S/c16-10-5-2-1-4-9(10)11-8-12(13-6-3-7-22-13)21-15(18-11)19-14(17)20-21/h1-7,11-12H,8H2,(H3,17,18,19,20)/t11-,12+/m1/s1. The van der Waals surface area contributed by atoms with Crippen LogP contribution in [0.4, 0.5) is 11.9 Å². The fourth-order valence-electron chi connectivity index (χ4n) is 2.87. The second kappa shape index (κ2) is 5.30. The van der Waals surface area contributed by atoms with Crippen molar-refractivity contribution < 1.29 is 0 Å². The van der Waals surface area contributed by atoms with Crippen LogP contribution in [-0.2, 0) is 0 Å². The lowest BCUT2D eigenvalue weighted by Crippen LogP contribution is -2.27. The molecule has 3 N–H and O–H groups in total. The molecule has 0 radical (unpaired) electrons. The van der Waals surface area contributed by atoms with Crippen LogP contribution in [0.2, 0.25) is 5.02 Å². The Morgan fingerprint density at radius 1 is 1.27 bits per heavy atom. The highest BCUT2D eigenvalue weighted by atomic mass is 35.5. The summed E-state index contributed by atoms with van der Waals surface area (Å²) in [7, 11) is 0. The Bertz CT molecular complexity index is 798. The van der Waals surface area contributed by atoms with Gasteiger partial charge >= 0.3 is 0 Å². The number of anilines is 2. The average Bonchev–Trinajstić information content (AvgIpc) is 3.14. The molecule has 0 bridgehead atoms. The molecule has 0 fully saturated rings. The minimum Gasteiger partial charge on any atom is -0.366 e. The van der Waals surface area contributed by atoms with Gasteiger partial charge in [-0.05, 0) is 29.5 Å². The van der Waals surface area contributed by atoms with Crippen molar-refractivity contribution in [2.75, 3.05) is 11.1 Å². The molecule has 22 heavy (non-hydrogen) atoms. The predicted molar refractivity (Wildman–Crippen MR) is 89.3 cm³/mol. The Kier molecular flexibility index (Phi) is 3.28. The number of hydrogen-bond donors (Lipinski definition) is 2. The number of nitrogens with two attached hydrogens (primary N) is 1. The largest absolute Gasteiger partial charge is 0.366 e. The molecular weight excluding hydrogens is 318 g/mol. The van der Waals surface area contributed by atoms with E-state index >= 15 is 0 Å². The zero-order valence-corrected chi connectivity index (χ0v) is 13.2. The number of nitrogen functional groups attached to an aromatic ring is 1. The lowest BCUT2D eigenvalue weighted by atomic mass is 9.97. The molecule has 0 saturated carbocycles. The summed E-state index contributed by atoms with van der Waals surface area (Å²) in [6.45, 7) is 0. The van der Waals surface area contributed by atoms with Crippen molar-refractivity contribution >= 4 is 34.8 Å². The Balaban J connectivity index is 1.78. The van der Waals surface area contributed by atoms with E-state index in [-0.39, 0.29) is 18.0 Å². The molecule has 1 aliphatic rings. The highest BCUT2D eigenvalue weighted by Crippen LogP contribution is 2.40. The van der Waals surface area contributed by atoms with Gasteiger partial charge in [-0.1, -0.05) is 35.9 Å². The van der Waals surface area contributed by atoms with Gasteiger partial charge in [-0.3, -0.25) is 0 Å². The number of nitrogens with one attached hydrogen (secondary N) is 1. The van der Waals surface area contributed by atoms with Crippen LogP contribution in [0, 0.1) is 0 Å². The van der Waals surface area contributed by atoms with E-state index in [1.165, 1.54) is 4.88 Å². The van der Waals surface area contributed by atoms with Crippen molar-refractivity contribution in [1.29, 1.82) is 0 Å². The molecular formula is C15H14ClN5S. The van der Waals surface area contributed by atoms with Gasteiger partial charge in [-0.25, -0.2) is 4.68 Å². The smallest absolute Gasteiger partial charge is 0.241 e. The molecule has 0 aliphatic carbocycles. The second-order valence-corrected chi connectivity index (χ2v) is 6.61. The fourth-order valence-corrected chi connectivity index (χ4v) is 3.97. The zero-order valence-electron chi connectivity index (χ0n) is 11.6. The van der Waals surface area contributed by atoms with E-state index in [1.54, 1.807) is 11.3 Å². The number of aromatic nitrogens is 3. The molecule has 4 rings (SSSR count). The van der Waals surface area contributed by atoms with E-state index in [1.807, 2.05) is 35.0 Å². The summed E-state index contributed by atoms with van der Waals surface area (Å²) in [4.78, 5) is 5.54. The number of thiophene rings is 1. The summed E-state index contributed by atoms with van der Waals surface area (Å²) in [5.41, 5.74) is 6.85. The van der Waals surface area contributed by atoms with Crippen LogP contribution in [0.15, 0.2) is 41.8 Å². The van der Waals surface area contributed by atoms with Crippen molar-refractivity contribution in [3.8, 4) is 0 Å². The molecule has 0 unspecified atom stereocenters. The summed E-state index contributed by atoms with van der Waals surface area (Å²) >= 11 is 8.07. The van der Waals surface area contributed by atoms with Gasteiger partial charge in [0.25, 0.3) is 0 Å². The van der Waals surface area contributed by atoms with Crippen LogP contribution in [0.5, 0.6) is 0 Å². The third-order valence-electron chi connectivity index (χ3n) is 3.86. The molecule has 112 valence electrons. The summed E-state index contributed by atoms with van der Waals surface area (Å²) in [5.74, 6) is 0.968. The third kappa shape index (κ3) is 2.24. The number of halogens is 1. The summed E-state index contributed by atoms with van der Waals surface area (Å²) in [5, 5.41) is 10.6. The van der Waals surface area contributed by atoms with E-state index in [2.05, 4.69) is 26.8 Å². The topological polar surface area (TPSA) is 68.8 Å². The maximum Gasteiger partial charge on any atom is 0.241 e. The van der Waals surface area contributed by atoms with Gasteiger partial charge in [0.1, 0.15) is 0 Å². The van der Waals surface area contributed by atoms with Gasteiger partial charge in [0, 0.05) is 9.90 Å². The highest BCUT2D eigenvalue weighted by molar-refractivity contribution is 7.10. The first kappa shape index (κ1) is 13.6. The number of rotatable bonds is 2. The predicted octanol–water partition coefficient (Wildman–Crippen LogP) is 3.72. The van der Waals surface area contributed by atoms with E-state index in [0.717, 1.165) is 17.0 Å². The van der Waals surface area contributed by atoms with Crippen LogP contribution < -0.4 is 11.1 Å². The summed E-state index contributed by atoms with van der Waals surface area (Å²) in [6, 6.07) is 12.2. The van der Waals surface area contributed by atoms with E-state index in [0.29, 0.717) is 5.95 Å². The number of benzene rings is 1. The lowest BCUT2D eigenvalue weighted by Gasteiger charge is -2.31. The molecule has 1 aromatic carbocycles. The molecule has 1 aliphatic heterocycles. The van der Waals surface area contributed by atoms with E-state index in [4.69, 9.17) is 17.3 Å². The first-order valence-electron chi connectivity index (χ1n) is 6.99. The minimum atomic E-state index is 0.0805. The van der Waals surface area contributed by atoms with Crippen LogP contribution in [0.25, 0.3) is 0 Å². The molecule has 2 aromatic heterocycles. The van der Waals surface area contributed by atoms with E-state index in [9.17, 15) is 0 Å². The van der Waals surface area contributed by atoms with Gasteiger partial charge in [-0.15, -0.1) is 16.4 Å². The lowest BCUT2D eigenvalue weighted by molar-refractivity contribution is 0.437. The van der Waals surface area contributed by atoms with Gasteiger partial charge in [0.15, 0.2) is 0 Å². The molecule has 0 spiro atoms.